The second-order valence-corrected chi connectivity index (χ2v) is 7.07. The van der Waals surface area contributed by atoms with Crippen LogP contribution in [0, 0.1) is 0 Å². The molecule has 0 aliphatic heterocycles. The fourth-order valence-electron chi connectivity index (χ4n) is 2.17. The maximum absolute atomic E-state index is 11.6. The highest BCUT2D eigenvalue weighted by Crippen LogP contribution is 2.18. The normalized spacial score (nSPS) is 12.9. The Hall–Kier alpha value is -1.49. The van der Waals surface area contributed by atoms with Crippen LogP contribution in [-0.4, -0.2) is 62.8 Å². The third-order valence-corrected chi connectivity index (χ3v) is 3.35. The standard InChI is InChI=1S/C18H33N5O3.HI/c1-7-19-16(20-10-11-21-17(24)26-18(2,3)4)22-13-14(23(5)6)15-9-8-12-25-15;/h8-9,12,14H,7,10-11,13H2,1-6H3,(H,21,24)(H2,19,20,22);1H. The summed E-state index contributed by atoms with van der Waals surface area (Å²) in [6.45, 7) is 9.79. The van der Waals surface area contributed by atoms with Crippen LogP contribution in [0.2, 0.25) is 0 Å². The maximum Gasteiger partial charge on any atom is 0.407 e. The van der Waals surface area contributed by atoms with E-state index in [-0.39, 0.29) is 30.0 Å². The molecule has 0 saturated heterocycles. The van der Waals surface area contributed by atoms with E-state index in [0.29, 0.717) is 25.6 Å². The SMILES string of the molecule is CCNC(=NCC(c1ccco1)N(C)C)NCCNC(=O)OC(C)(C)C.I. The van der Waals surface area contributed by atoms with Crippen molar-refractivity contribution in [1.82, 2.24) is 20.9 Å². The fraction of sp³-hybridized carbons (Fsp3) is 0.667. The van der Waals surface area contributed by atoms with E-state index in [1.54, 1.807) is 6.26 Å². The van der Waals surface area contributed by atoms with Gasteiger partial charge in [-0.05, 0) is 53.9 Å². The lowest BCUT2D eigenvalue weighted by molar-refractivity contribution is 0.0529. The summed E-state index contributed by atoms with van der Waals surface area (Å²) in [7, 11) is 3.99. The zero-order valence-corrected chi connectivity index (χ0v) is 19.5. The molecule has 0 radical (unpaired) electrons. The number of halogens is 1. The lowest BCUT2D eigenvalue weighted by Crippen LogP contribution is -2.42. The first-order valence-electron chi connectivity index (χ1n) is 8.91. The Labute approximate surface area is 179 Å². The van der Waals surface area contributed by atoms with E-state index in [9.17, 15) is 4.79 Å². The molecule has 0 spiro atoms. The molecule has 27 heavy (non-hydrogen) atoms. The molecule has 1 rings (SSSR count). The molecule has 0 aromatic carbocycles. The first-order valence-corrected chi connectivity index (χ1v) is 8.91. The minimum Gasteiger partial charge on any atom is -0.468 e. The van der Waals surface area contributed by atoms with Gasteiger partial charge in [0.25, 0.3) is 0 Å². The van der Waals surface area contributed by atoms with Crippen LogP contribution >= 0.6 is 24.0 Å². The van der Waals surface area contributed by atoms with E-state index in [1.807, 2.05) is 53.9 Å². The Morgan fingerprint density at radius 3 is 2.44 bits per heavy atom. The highest BCUT2D eigenvalue weighted by atomic mass is 127. The van der Waals surface area contributed by atoms with Crippen LogP contribution in [0.3, 0.4) is 0 Å². The van der Waals surface area contributed by atoms with Crippen LogP contribution in [0.1, 0.15) is 39.5 Å². The molecule has 0 fully saturated rings. The lowest BCUT2D eigenvalue weighted by Gasteiger charge is -2.21. The van der Waals surface area contributed by atoms with Crippen molar-refractivity contribution in [3.05, 3.63) is 24.2 Å². The average Bonchev–Trinajstić information content (AvgIpc) is 3.03. The molecule has 156 valence electrons. The van der Waals surface area contributed by atoms with Crippen molar-refractivity contribution < 1.29 is 13.9 Å². The van der Waals surface area contributed by atoms with Crippen molar-refractivity contribution in [3.63, 3.8) is 0 Å². The first kappa shape index (κ1) is 25.5. The second kappa shape index (κ2) is 12.8. The Morgan fingerprint density at radius 2 is 1.93 bits per heavy atom. The summed E-state index contributed by atoms with van der Waals surface area (Å²) in [5, 5.41) is 9.10. The fourth-order valence-corrected chi connectivity index (χ4v) is 2.17. The number of hydrogen-bond donors (Lipinski definition) is 3. The average molecular weight is 495 g/mol. The van der Waals surface area contributed by atoms with Gasteiger partial charge in [-0.2, -0.15) is 0 Å². The van der Waals surface area contributed by atoms with E-state index < -0.39 is 11.7 Å². The monoisotopic (exact) mass is 495 g/mol. The third-order valence-electron chi connectivity index (χ3n) is 3.35. The quantitative estimate of drug-likeness (QED) is 0.222. The van der Waals surface area contributed by atoms with Crippen molar-refractivity contribution >= 4 is 36.0 Å². The van der Waals surface area contributed by atoms with Gasteiger partial charge in [0.1, 0.15) is 11.4 Å². The minimum absolute atomic E-state index is 0. The van der Waals surface area contributed by atoms with Crippen LogP contribution in [0.25, 0.3) is 0 Å². The number of carbonyl (C=O) groups is 1. The van der Waals surface area contributed by atoms with Crippen molar-refractivity contribution in [2.45, 2.75) is 39.3 Å². The van der Waals surface area contributed by atoms with Crippen molar-refractivity contribution in [2.75, 3.05) is 40.3 Å². The number of guanidine groups is 1. The second-order valence-electron chi connectivity index (χ2n) is 7.07. The minimum atomic E-state index is -0.499. The summed E-state index contributed by atoms with van der Waals surface area (Å²) >= 11 is 0. The van der Waals surface area contributed by atoms with Crippen LogP contribution in [0.4, 0.5) is 4.79 Å². The molecule has 1 aromatic heterocycles. The molecule has 0 saturated carbocycles. The Bertz CT molecular complexity index is 556. The van der Waals surface area contributed by atoms with E-state index in [4.69, 9.17) is 9.15 Å². The molecule has 9 heteroatoms. The largest absolute Gasteiger partial charge is 0.468 e. The van der Waals surface area contributed by atoms with Gasteiger partial charge in [-0.3, -0.25) is 9.89 Å². The predicted molar refractivity (Wildman–Crippen MR) is 119 cm³/mol. The number of likely N-dealkylation sites (N-methyl/N-ethyl adjacent to an activating group) is 1. The molecule has 3 N–H and O–H groups in total. The van der Waals surface area contributed by atoms with Crippen LogP contribution < -0.4 is 16.0 Å². The molecule has 1 aromatic rings. The summed E-state index contributed by atoms with van der Waals surface area (Å²) in [6.07, 6.45) is 1.24. The molecule has 0 bridgehead atoms. The molecule has 0 aliphatic carbocycles. The smallest absolute Gasteiger partial charge is 0.407 e. The lowest BCUT2D eigenvalue weighted by atomic mass is 10.2. The number of rotatable bonds is 8. The Balaban J connectivity index is 0.00000676. The highest BCUT2D eigenvalue weighted by Gasteiger charge is 2.17. The number of ether oxygens (including phenoxy) is 1. The van der Waals surface area contributed by atoms with Crippen LogP contribution in [0.15, 0.2) is 27.8 Å². The van der Waals surface area contributed by atoms with Gasteiger partial charge < -0.3 is 25.1 Å². The molecular formula is C18H34IN5O3. The van der Waals surface area contributed by atoms with Gasteiger partial charge in [-0.1, -0.05) is 0 Å². The van der Waals surface area contributed by atoms with E-state index in [0.717, 1.165) is 12.3 Å². The predicted octanol–water partition coefficient (Wildman–Crippen LogP) is 2.58. The summed E-state index contributed by atoms with van der Waals surface area (Å²) < 4.78 is 10.7. The number of amides is 1. The van der Waals surface area contributed by atoms with Gasteiger partial charge in [0.05, 0.1) is 18.8 Å². The first-order chi connectivity index (χ1) is 12.2. The number of carbonyl (C=O) groups excluding carboxylic acids is 1. The number of furan rings is 1. The molecule has 1 amide bonds. The number of hydrogen-bond acceptors (Lipinski definition) is 5. The van der Waals surface area contributed by atoms with Crippen molar-refractivity contribution in [1.29, 1.82) is 0 Å². The molecule has 0 aliphatic rings. The molecule has 1 unspecified atom stereocenters. The van der Waals surface area contributed by atoms with Gasteiger partial charge >= 0.3 is 6.09 Å². The molecule has 1 heterocycles. The zero-order valence-electron chi connectivity index (χ0n) is 17.2. The van der Waals surface area contributed by atoms with E-state index in [1.165, 1.54) is 0 Å². The van der Waals surface area contributed by atoms with Gasteiger partial charge in [0.2, 0.25) is 0 Å². The van der Waals surface area contributed by atoms with Crippen LogP contribution in [-0.2, 0) is 4.74 Å². The van der Waals surface area contributed by atoms with E-state index >= 15 is 0 Å². The number of nitrogens with zero attached hydrogens (tertiary/aromatic N) is 2. The summed E-state index contributed by atoms with van der Waals surface area (Å²) in [5.41, 5.74) is -0.499. The Kier molecular flexibility index (Phi) is 12.1. The number of nitrogens with one attached hydrogen (secondary N) is 3. The summed E-state index contributed by atoms with van der Waals surface area (Å²) in [6, 6.07) is 3.88. The number of aliphatic imine (C=N–C) groups is 1. The third kappa shape index (κ3) is 11.1. The Morgan fingerprint density at radius 1 is 1.26 bits per heavy atom. The van der Waals surface area contributed by atoms with Crippen molar-refractivity contribution in [2.24, 2.45) is 4.99 Å². The van der Waals surface area contributed by atoms with Gasteiger partial charge in [-0.25, -0.2) is 4.79 Å². The summed E-state index contributed by atoms with van der Waals surface area (Å²) in [4.78, 5) is 18.3. The van der Waals surface area contributed by atoms with Gasteiger partial charge in [0.15, 0.2) is 5.96 Å². The van der Waals surface area contributed by atoms with Gasteiger partial charge in [0, 0.05) is 19.6 Å². The van der Waals surface area contributed by atoms with Crippen molar-refractivity contribution in [3.8, 4) is 0 Å². The molecule has 1 atom stereocenters. The maximum atomic E-state index is 11.6. The van der Waals surface area contributed by atoms with Crippen LogP contribution in [0.5, 0.6) is 0 Å². The zero-order chi connectivity index (χ0) is 19.6. The van der Waals surface area contributed by atoms with E-state index in [2.05, 4.69) is 25.8 Å². The molecular weight excluding hydrogens is 461 g/mol. The topological polar surface area (TPSA) is 91.1 Å². The van der Waals surface area contributed by atoms with Gasteiger partial charge in [-0.15, -0.1) is 24.0 Å². The number of alkyl carbamates (subject to hydrolysis) is 1. The highest BCUT2D eigenvalue weighted by molar-refractivity contribution is 14.0. The summed E-state index contributed by atoms with van der Waals surface area (Å²) in [5.74, 6) is 1.57. The molecule has 8 nitrogen and oxygen atoms in total.